The molecule has 18 heavy (non-hydrogen) atoms. The predicted octanol–water partition coefficient (Wildman–Crippen LogP) is 2.60. The lowest BCUT2D eigenvalue weighted by molar-refractivity contribution is 0.101. The molecule has 1 aromatic carbocycles. The van der Waals surface area contributed by atoms with Gasteiger partial charge in [0, 0.05) is 18.4 Å². The summed E-state index contributed by atoms with van der Waals surface area (Å²) < 4.78 is 1.84. The Hall–Kier alpha value is -2.23. The zero-order valence-corrected chi connectivity index (χ0v) is 10.7. The van der Waals surface area contributed by atoms with Crippen LogP contribution in [0.5, 0.6) is 5.75 Å². The molecule has 0 aliphatic heterocycles. The van der Waals surface area contributed by atoms with Crippen molar-refractivity contribution in [3.05, 3.63) is 47.3 Å². The van der Waals surface area contributed by atoms with E-state index >= 15 is 0 Å². The van der Waals surface area contributed by atoms with E-state index in [4.69, 9.17) is 0 Å². The van der Waals surface area contributed by atoms with Crippen LogP contribution in [0, 0.1) is 13.8 Å². The van der Waals surface area contributed by atoms with Crippen LogP contribution in [0.25, 0.3) is 0 Å². The topological polar surface area (TPSA) is 54.3 Å². The van der Waals surface area contributed by atoms with E-state index in [2.05, 4.69) is 5.32 Å². The van der Waals surface area contributed by atoms with Crippen LogP contribution in [-0.4, -0.2) is 15.6 Å². The molecule has 4 nitrogen and oxygen atoms in total. The average molecular weight is 244 g/mol. The maximum Gasteiger partial charge on any atom is 0.272 e. The molecule has 94 valence electrons. The number of carbonyl (C=O) groups is 1. The molecule has 0 bridgehead atoms. The zero-order valence-electron chi connectivity index (χ0n) is 10.7. The second-order valence-electron chi connectivity index (χ2n) is 4.37. The highest BCUT2D eigenvalue weighted by molar-refractivity contribution is 6.03. The summed E-state index contributed by atoms with van der Waals surface area (Å²) in [5.74, 6) is 0.0413. The van der Waals surface area contributed by atoms with Crippen molar-refractivity contribution in [2.45, 2.75) is 13.8 Å². The summed E-state index contributed by atoms with van der Waals surface area (Å²) in [6.07, 6.45) is 0. The van der Waals surface area contributed by atoms with Crippen LogP contribution in [-0.2, 0) is 7.05 Å². The van der Waals surface area contributed by atoms with Gasteiger partial charge in [0.1, 0.15) is 11.4 Å². The molecule has 2 N–H and O–H groups in total. The lowest BCUT2D eigenvalue weighted by Crippen LogP contribution is -2.16. The number of carbonyl (C=O) groups excluding carboxylic acids is 1. The van der Waals surface area contributed by atoms with Gasteiger partial charge in [0.15, 0.2) is 0 Å². The Labute approximate surface area is 106 Å². The number of aromatic hydroxyl groups is 1. The van der Waals surface area contributed by atoms with Gasteiger partial charge in [-0.05, 0) is 49.7 Å². The Balaban J connectivity index is 2.24. The van der Waals surface area contributed by atoms with Gasteiger partial charge in [-0.2, -0.15) is 0 Å². The summed E-state index contributed by atoms with van der Waals surface area (Å²) in [6.45, 7) is 3.79. The average Bonchev–Trinajstić information content (AvgIpc) is 2.64. The fourth-order valence-electron chi connectivity index (χ4n) is 1.82. The first-order valence-corrected chi connectivity index (χ1v) is 5.72. The number of phenols is 1. The van der Waals surface area contributed by atoms with Crippen molar-refractivity contribution in [3.8, 4) is 5.75 Å². The first kappa shape index (κ1) is 12.2. The SMILES string of the molecule is Cc1cc(O)ccc1NC(=O)c1ccc(C)n1C. The second kappa shape index (κ2) is 4.56. The molecule has 0 aliphatic carbocycles. The third-order valence-corrected chi connectivity index (χ3v) is 3.06. The summed E-state index contributed by atoms with van der Waals surface area (Å²) in [5, 5.41) is 12.2. The molecular formula is C14H16N2O2. The molecule has 2 rings (SSSR count). The third kappa shape index (κ3) is 2.22. The van der Waals surface area contributed by atoms with Gasteiger partial charge in [-0.1, -0.05) is 0 Å². The molecule has 2 aromatic rings. The lowest BCUT2D eigenvalue weighted by atomic mass is 10.2. The summed E-state index contributed by atoms with van der Waals surface area (Å²) in [4.78, 5) is 12.1. The number of benzene rings is 1. The van der Waals surface area contributed by atoms with Gasteiger partial charge in [-0.25, -0.2) is 0 Å². The highest BCUT2D eigenvalue weighted by Crippen LogP contribution is 2.21. The van der Waals surface area contributed by atoms with Crippen molar-refractivity contribution in [3.63, 3.8) is 0 Å². The highest BCUT2D eigenvalue weighted by atomic mass is 16.3. The molecule has 0 spiro atoms. The van der Waals surface area contributed by atoms with Crippen molar-refractivity contribution in [1.82, 2.24) is 4.57 Å². The minimum absolute atomic E-state index is 0.153. The van der Waals surface area contributed by atoms with E-state index in [-0.39, 0.29) is 11.7 Å². The van der Waals surface area contributed by atoms with Gasteiger partial charge in [0.2, 0.25) is 0 Å². The number of nitrogens with one attached hydrogen (secondary N) is 1. The van der Waals surface area contributed by atoms with Gasteiger partial charge in [-0.3, -0.25) is 4.79 Å². The zero-order chi connectivity index (χ0) is 13.3. The van der Waals surface area contributed by atoms with Crippen molar-refractivity contribution in [2.24, 2.45) is 7.05 Å². The third-order valence-electron chi connectivity index (χ3n) is 3.06. The number of phenolic OH excluding ortho intramolecular Hbond substituents is 1. The first-order valence-electron chi connectivity index (χ1n) is 5.72. The lowest BCUT2D eigenvalue weighted by Gasteiger charge is -2.09. The van der Waals surface area contributed by atoms with Crippen LogP contribution in [0.4, 0.5) is 5.69 Å². The van der Waals surface area contributed by atoms with Gasteiger partial charge in [0.25, 0.3) is 5.91 Å². The van der Waals surface area contributed by atoms with Crippen molar-refractivity contribution < 1.29 is 9.90 Å². The maximum atomic E-state index is 12.1. The molecule has 0 saturated heterocycles. The standard InChI is InChI=1S/C14H16N2O2/c1-9-8-11(17)5-6-12(9)15-14(18)13-7-4-10(2)16(13)3/h4-8,17H,1-3H3,(H,15,18). The summed E-state index contributed by atoms with van der Waals surface area (Å²) in [6, 6.07) is 8.56. The van der Waals surface area contributed by atoms with Gasteiger partial charge in [-0.15, -0.1) is 0 Å². The fraction of sp³-hybridized carbons (Fsp3) is 0.214. The molecule has 0 atom stereocenters. The largest absolute Gasteiger partial charge is 0.508 e. The molecular weight excluding hydrogens is 228 g/mol. The minimum Gasteiger partial charge on any atom is -0.508 e. The van der Waals surface area contributed by atoms with E-state index in [0.29, 0.717) is 11.4 Å². The van der Waals surface area contributed by atoms with Crippen LogP contribution < -0.4 is 5.32 Å². The maximum absolute atomic E-state index is 12.1. The van der Waals surface area contributed by atoms with Gasteiger partial charge >= 0.3 is 0 Å². The Bertz CT molecular complexity index is 600. The Morgan fingerprint density at radius 2 is 1.94 bits per heavy atom. The normalized spacial score (nSPS) is 10.4. The van der Waals surface area contributed by atoms with Gasteiger partial charge < -0.3 is 15.0 Å². The fourth-order valence-corrected chi connectivity index (χ4v) is 1.82. The van der Waals surface area contributed by atoms with Crippen LogP contribution in [0.3, 0.4) is 0 Å². The van der Waals surface area contributed by atoms with E-state index < -0.39 is 0 Å². The van der Waals surface area contributed by atoms with Crippen LogP contribution >= 0.6 is 0 Å². The molecule has 0 saturated carbocycles. The summed E-state index contributed by atoms with van der Waals surface area (Å²) in [5.41, 5.74) is 3.17. The smallest absolute Gasteiger partial charge is 0.272 e. The van der Waals surface area contributed by atoms with Gasteiger partial charge in [0.05, 0.1) is 0 Å². The second-order valence-corrected chi connectivity index (χ2v) is 4.37. The number of hydrogen-bond acceptors (Lipinski definition) is 2. The molecule has 1 heterocycles. The quantitative estimate of drug-likeness (QED) is 0.798. The predicted molar refractivity (Wildman–Crippen MR) is 70.9 cm³/mol. The number of aryl methyl sites for hydroxylation is 2. The number of hydrogen-bond donors (Lipinski definition) is 2. The minimum atomic E-state index is -0.153. The van der Waals surface area contributed by atoms with Crippen LogP contribution in [0.15, 0.2) is 30.3 Å². The van der Waals surface area contributed by atoms with E-state index in [9.17, 15) is 9.90 Å². The molecule has 1 aromatic heterocycles. The Morgan fingerprint density at radius 3 is 2.50 bits per heavy atom. The van der Waals surface area contributed by atoms with Crippen molar-refractivity contribution in [1.29, 1.82) is 0 Å². The molecule has 0 radical (unpaired) electrons. The Morgan fingerprint density at radius 1 is 1.22 bits per heavy atom. The van der Waals surface area contributed by atoms with Crippen LogP contribution in [0.2, 0.25) is 0 Å². The monoisotopic (exact) mass is 244 g/mol. The number of rotatable bonds is 2. The molecule has 0 unspecified atom stereocenters. The number of amides is 1. The van der Waals surface area contributed by atoms with Crippen LogP contribution in [0.1, 0.15) is 21.7 Å². The Kier molecular flexibility index (Phi) is 3.10. The highest BCUT2D eigenvalue weighted by Gasteiger charge is 2.12. The van der Waals surface area contributed by atoms with E-state index in [1.54, 1.807) is 24.3 Å². The molecule has 0 aliphatic rings. The number of aromatic nitrogens is 1. The molecule has 0 fully saturated rings. The van der Waals surface area contributed by atoms with Crippen molar-refractivity contribution in [2.75, 3.05) is 5.32 Å². The van der Waals surface area contributed by atoms with Crippen molar-refractivity contribution >= 4 is 11.6 Å². The van der Waals surface area contributed by atoms with E-state index in [1.165, 1.54) is 0 Å². The first-order chi connectivity index (χ1) is 8.49. The molecule has 1 amide bonds. The summed E-state index contributed by atoms with van der Waals surface area (Å²) in [7, 11) is 1.86. The number of nitrogens with zero attached hydrogens (tertiary/aromatic N) is 1. The number of anilines is 1. The molecule has 4 heteroatoms. The van der Waals surface area contributed by atoms with E-state index in [1.807, 2.05) is 31.5 Å². The van der Waals surface area contributed by atoms with E-state index in [0.717, 1.165) is 11.3 Å². The summed E-state index contributed by atoms with van der Waals surface area (Å²) >= 11 is 0.